The van der Waals surface area contributed by atoms with E-state index in [-0.39, 0.29) is 5.88 Å². The van der Waals surface area contributed by atoms with Gasteiger partial charge in [0.15, 0.2) is 5.88 Å². The quantitative estimate of drug-likeness (QED) is 0.818. The van der Waals surface area contributed by atoms with Gasteiger partial charge in [-0.1, -0.05) is 12.5 Å². The number of likely N-dealkylation sites (tertiary alicyclic amines) is 1. The predicted octanol–water partition coefficient (Wildman–Crippen LogP) is 2.20. The van der Waals surface area contributed by atoms with Gasteiger partial charge in [0.1, 0.15) is 5.82 Å². The van der Waals surface area contributed by atoms with E-state index >= 15 is 0 Å². The fourth-order valence-electron chi connectivity index (χ4n) is 2.69. The second kappa shape index (κ2) is 4.04. The van der Waals surface area contributed by atoms with Crippen LogP contribution in [0.1, 0.15) is 31.1 Å². The summed E-state index contributed by atoms with van der Waals surface area (Å²) in [6, 6.07) is 5.85. The molecule has 0 saturated carbocycles. The van der Waals surface area contributed by atoms with Gasteiger partial charge >= 0.3 is 0 Å². The molecule has 1 aliphatic rings. The lowest BCUT2D eigenvalue weighted by atomic mass is 10.0. The third-order valence-electron chi connectivity index (χ3n) is 3.63. The van der Waals surface area contributed by atoms with E-state index in [4.69, 9.17) is 0 Å². The minimum Gasteiger partial charge on any atom is -0.494 e. The lowest BCUT2D eigenvalue weighted by Gasteiger charge is -2.31. The van der Waals surface area contributed by atoms with E-state index in [1.807, 2.05) is 22.7 Å². The van der Waals surface area contributed by atoms with Crippen molar-refractivity contribution in [3.63, 3.8) is 0 Å². The highest BCUT2D eigenvalue weighted by Gasteiger charge is 2.25. The van der Waals surface area contributed by atoms with E-state index in [1.165, 1.54) is 12.8 Å². The average Bonchev–Trinajstić information content (AvgIpc) is 2.75. The molecule has 1 N–H and O–H groups in total. The molecule has 2 aromatic heterocycles. The predicted molar refractivity (Wildman–Crippen MR) is 66.1 cm³/mol. The highest BCUT2D eigenvalue weighted by atomic mass is 16.3. The molecule has 0 amide bonds. The van der Waals surface area contributed by atoms with Gasteiger partial charge in [-0.2, -0.15) is 0 Å². The Kier molecular flexibility index (Phi) is 2.52. The molecule has 90 valence electrons. The molecule has 1 unspecified atom stereocenters. The van der Waals surface area contributed by atoms with Crippen molar-refractivity contribution in [3.05, 3.63) is 30.2 Å². The molecule has 2 aromatic rings. The first-order chi connectivity index (χ1) is 8.27. The van der Waals surface area contributed by atoms with Crippen molar-refractivity contribution in [1.82, 2.24) is 14.3 Å². The van der Waals surface area contributed by atoms with Crippen LogP contribution in [0.2, 0.25) is 0 Å². The number of aromatic nitrogens is 2. The molecular weight excluding hydrogens is 214 g/mol. The number of imidazole rings is 1. The monoisotopic (exact) mass is 231 g/mol. The largest absolute Gasteiger partial charge is 0.494 e. The Bertz CT molecular complexity index is 534. The molecule has 17 heavy (non-hydrogen) atoms. The van der Waals surface area contributed by atoms with Gasteiger partial charge < -0.3 is 5.11 Å². The average molecular weight is 231 g/mol. The standard InChI is InChI=1S/C13H17N3O/c1-15-8-3-2-6-11(15)13-14-9-10-5-4-7-12(17)16(10)13/h4-5,7,9,11,17H,2-3,6,8H2,1H3. The first-order valence-electron chi connectivity index (χ1n) is 6.13. The van der Waals surface area contributed by atoms with E-state index in [1.54, 1.807) is 6.07 Å². The van der Waals surface area contributed by atoms with E-state index in [9.17, 15) is 5.11 Å². The number of piperidine rings is 1. The molecule has 3 rings (SSSR count). The molecule has 0 aliphatic carbocycles. The van der Waals surface area contributed by atoms with Crippen LogP contribution in [0, 0.1) is 0 Å². The highest BCUT2D eigenvalue weighted by Crippen LogP contribution is 2.30. The van der Waals surface area contributed by atoms with Crippen molar-refractivity contribution in [3.8, 4) is 5.88 Å². The maximum absolute atomic E-state index is 9.96. The molecule has 0 bridgehead atoms. The maximum atomic E-state index is 9.96. The van der Waals surface area contributed by atoms with Crippen LogP contribution in [0.5, 0.6) is 5.88 Å². The molecular formula is C13H17N3O. The van der Waals surface area contributed by atoms with Crippen LogP contribution >= 0.6 is 0 Å². The summed E-state index contributed by atoms with van der Waals surface area (Å²) >= 11 is 0. The summed E-state index contributed by atoms with van der Waals surface area (Å²) in [7, 11) is 2.13. The van der Waals surface area contributed by atoms with Crippen LogP contribution in [-0.4, -0.2) is 33.0 Å². The zero-order chi connectivity index (χ0) is 11.8. The third kappa shape index (κ3) is 1.69. The van der Waals surface area contributed by atoms with Crippen LogP contribution in [-0.2, 0) is 0 Å². The normalized spacial score (nSPS) is 22.1. The summed E-state index contributed by atoms with van der Waals surface area (Å²) in [5.41, 5.74) is 0.957. The van der Waals surface area contributed by atoms with Crippen molar-refractivity contribution in [1.29, 1.82) is 0 Å². The number of rotatable bonds is 1. The zero-order valence-corrected chi connectivity index (χ0v) is 10.0. The fourth-order valence-corrected chi connectivity index (χ4v) is 2.69. The molecule has 0 spiro atoms. The second-order valence-corrected chi connectivity index (χ2v) is 4.75. The fraction of sp³-hybridized carbons (Fsp3) is 0.462. The molecule has 4 heteroatoms. The van der Waals surface area contributed by atoms with E-state index in [0.717, 1.165) is 24.3 Å². The minimum atomic E-state index is 0.272. The van der Waals surface area contributed by atoms with Gasteiger partial charge in [0.2, 0.25) is 0 Å². The Balaban J connectivity index is 2.10. The zero-order valence-electron chi connectivity index (χ0n) is 10.0. The summed E-state index contributed by atoms with van der Waals surface area (Å²) in [5.74, 6) is 1.23. The van der Waals surface area contributed by atoms with Crippen LogP contribution in [0.25, 0.3) is 5.52 Å². The van der Waals surface area contributed by atoms with Crippen molar-refractivity contribution >= 4 is 5.52 Å². The minimum absolute atomic E-state index is 0.272. The number of pyridine rings is 1. The highest BCUT2D eigenvalue weighted by molar-refractivity contribution is 5.49. The van der Waals surface area contributed by atoms with Crippen LogP contribution in [0.15, 0.2) is 24.4 Å². The van der Waals surface area contributed by atoms with E-state index < -0.39 is 0 Å². The lowest BCUT2D eigenvalue weighted by molar-refractivity contribution is 0.178. The first-order valence-corrected chi connectivity index (χ1v) is 6.13. The lowest BCUT2D eigenvalue weighted by Crippen LogP contribution is -2.30. The van der Waals surface area contributed by atoms with Gasteiger partial charge in [-0.25, -0.2) is 4.98 Å². The van der Waals surface area contributed by atoms with Crippen molar-refractivity contribution in [2.24, 2.45) is 0 Å². The Morgan fingerprint density at radius 1 is 1.35 bits per heavy atom. The smallest absolute Gasteiger partial charge is 0.197 e. The Morgan fingerprint density at radius 2 is 2.24 bits per heavy atom. The van der Waals surface area contributed by atoms with Crippen LogP contribution in [0.4, 0.5) is 0 Å². The van der Waals surface area contributed by atoms with Gasteiger partial charge in [-0.3, -0.25) is 9.30 Å². The van der Waals surface area contributed by atoms with Crippen LogP contribution < -0.4 is 0 Å². The van der Waals surface area contributed by atoms with E-state index in [2.05, 4.69) is 16.9 Å². The second-order valence-electron chi connectivity index (χ2n) is 4.75. The summed E-state index contributed by atoms with van der Waals surface area (Å²) < 4.78 is 1.85. The number of aromatic hydroxyl groups is 1. The summed E-state index contributed by atoms with van der Waals surface area (Å²) in [6.07, 6.45) is 5.43. The van der Waals surface area contributed by atoms with Gasteiger partial charge in [-0.15, -0.1) is 0 Å². The number of nitrogens with zero attached hydrogens (tertiary/aromatic N) is 3. The summed E-state index contributed by atoms with van der Waals surface area (Å²) in [5, 5.41) is 9.96. The Labute approximate surface area is 101 Å². The molecule has 3 heterocycles. The topological polar surface area (TPSA) is 40.8 Å². The number of hydrogen-bond acceptors (Lipinski definition) is 3. The maximum Gasteiger partial charge on any atom is 0.197 e. The summed E-state index contributed by atoms with van der Waals surface area (Å²) in [6.45, 7) is 1.10. The van der Waals surface area contributed by atoms with Gasteiger partial charge in [0.25, 0.3) is 0 Å². The van der Waals surface area contributed by atoms with E-state index in [0.29, 0.717) is 6.04 Å². The van der Waals surface area contributed by atoms with Crippen LogP contribution in [0.3, 0.4) is 0 Å². The van der Waals surface area contributed by atoms with Gasteiger partial charge in [-0.05, 0) is 38.6 Å². The molecule has 0 aromatic carbocycles. The van der Waals surface area contributed by atoms with Gasteiger partial charge in [0, 0.05) is 0 Å². The molecule has 1 atom stereocenters. The SMILES string of the molecule is CN1CCCCC1c1ncc2cccc(O)n12. The van der Waals surface area contributed by atoms with Crippen molar-refractivity contribution in [2.75, 3.05) is 13.6 Å². The molecule has 4 nitrogen and oxygen atoms in total. The molecule has 1 saturated heterocycles. The van der Waals surface area contributed by atoms with Crippen molar-refractivity contribution < 1.29 is 5.11 Å². The molecule has 0 radical (unpaired) electrons. The Hall–Kier alpha value is -1.55. The third-order valence-corrected chi connectivity index (χ3v) is 3.63. The molecule has 1 aliphatic heterocycles. The first kappa shape index (κ1) is 10.6. The Morgan fingerprint density at radius 3 is 3.06 bits per heavy atom. The molecule has 1 fully saturated rings. The summed E-state index contributed by atoms with van der Waals surface area (Å²) in [4.78, 5) is 6.82. The van der Waals surface area contributed by atoms with Crippen molar-refractivity contribution in [2.45, 2.75) is 25.3 Å². The van der Waals surface area contributed by atoms with Gasteiger partial charge in [0.05, 0.1) is 17.8 Å². The number of fused-ring (bicyclic) bond motifs is 1. The number of hydrogen-bond donors (Lipinski definition) is 1.